The maximum atomic E-state index is 4.48. The van der Waals surface area contributed by atoms with Crippen molar-refractivity contribution in [2.45, 2.75) is 0 Å². The molecule has 0 unspecified atom stereocenters. The summed E-state index contributed by atoms with van der Waals surface area (Å²) < 4.78 is 0. The molecule has 8 rings (SSSR count). The molecule has 0 saturated carbocycles. The van der Waals surface area contributed by atoms with E-state index in [1.54, 1.807) is 9.59 Å². The van der Waals surface area contributed by atoms with Gasteiger partial charge in [0.1, 0.15) is 22.1 Å². The van der Waals surface area contributed by atoms with Crippen LogP contribution in [0.2, 0.25) is 0 Å². The average Bonchev–Trinajstić information content (AvgIpc) is 3.70. The standard InChI is InChI=1S/2C15H10N3.2ClH.Hf/c2*1-2-6-12-10-13(9-11(12)5-1)18-16-14-7-3-4-8-15(14)17-18;;;/h2*1-10H;2*1H;/q2*-1;;;+4/p-2. The van der Waals surface area contributed by atoms with Crippen LogP contribution < -0.4 is 24.8 Å². The van der Waals surface area contributed by atoms with E-state index in [9.17, 15) is 0 Å². The van der Waals surface area contributed by atoms with E-state index in [4.69, 9.17) is 0 Å². The van der Waals surface area contributed by atoms with E-state index in [1.807, 2.05) is 72.8 Å². The second kappa shape index (κ2) is 12.0. The molecule has 2 heterocycles. The Balaban J connectivity index is 0.000000168. The summed E-state index contributed by atoms with van der Waals surface area (Å²) in [5.41, 5.74) is 5.69. The van der Waals surface area contributed by atoms with Crippen LogP contribution in [0.1, 0.15) is 0 Å². The van der Waals surface area contributed by atoms with Crippen molar-refractivity contribution in [1.29, 1.82) is 0 Å². The zero-order valence-electron chi connectivity index (χ0n) is 20.5. The Bertz CT molecular complexity index is 1560. The van der Waals surface area contributed by atoms with E-state index < -0.39 is 0 Å². The molecular formula is C30H20Cl2HfN6. The Morgan fingerprint density at radius 1 is 0.436 bits per heavy atom. The van der Waals surface area contributed by atoms with Crippen LogP contribution in [0, 0.1) is 0 Å². The molecule has 0 aliphatic rings. The molecule has 0 fully saturated rings. The van der Waals surface area contributed by atoms with Gasteiger partial charge >= 0.3 is 25.8 Å². The first kappa shape index (κ1) is 28.4. The SMILES string of the molecule is [Cl-].[Cl-].[Hf+4].c1ccc2[cH-]c(-n3nc4ccccc4n3)cc2c1.c1ccc2[cH-]c(-n3nc4ccccc4n3)cc2c1. The third-order valence-corrected chi connectivity index (χ3v) is 6.24. The van der Waals surface area contributed by atoms with Crippen molar-refractivity contribution in [1.82, 2.24) is 30.0 Å². The maximum absolute atomic E-state index is 4.48. The zero-order chi connectivity index (χ0) is 23.9. The Morgan fingerprint density at radius 3 is 1.08 bits per heavy atom. The van der Waals surface area contributed by atoms with Gasteiger partial charge in [0.15, 0.2) is 0 Å². The molecule has 0 radical (unpaired) electrons. The van der Waals surface area contributed by atoms with Gasteiger partial charge in [0.2, 0.25) is 0 Å². The molecule has 0 saturated heterocycles. The topological polar surface area (TPSA) is 61.4 Å². The zero-order valence-corrected chi connectivity index (χ0v) is 25.6. The van der Waals surface area contributed by atoms with Gasteiger partial charge in [-0.15, -0.1) is 103 Å². The molecule has 0 N–H and O–H groups in total. The molecule has 0 spiro atoms. The maximum Gasteiger partial charge on any atom is 4.00 e. The van der Waals surface area contributed by atoms with Crippen LogP contribution in [-0.4, -0.2) is 30.0 Å². The molecule has 0 aliphatic carbocycles. The van der Waals surface area contributed by atoms with Crippen LogP contribution >= 0.6 is 0 Å². The predicted octanol–water partition coefficient (Wildman–Crippen LogP) is 0.591. The number of rotatable bonds is 2. The number of hydrogen-bond donors (Lipinski definition) is 0. The fraction of sp³-hybridized carbons (Fsp3) is 0. The molecule has 2 aromatic heterocycles. The first-order chi connectivity index (χ1) is 17.8. The van der Waals surface area contributed by atoms with E-state index in [0.717, 1.165) is 33.4 Å². The average molecular weight is 714 g/mol. The number of halogens is 2. The van der Waals surface area contributed by atoms with Gasteiger partial charge in [0.05, 0.1) is 0 Å². The van der Waals surface area contributed by atoms with Crippen molar-refractivity contribution in [2.24, 2.45) is 0 Å². The summed E-state index contributed by atoms with van der Waals surface area (Å²) in [6.45, 7) is 0. The van der Waals surface area contributed by atoms with E-state index in [0.29, 0.717) is 0 Å². The first-order valence-corrected chi connectivity index (χ1v) is 11.8. The summed E-state index contributed by atoms with van der Waals surface area (Å²) in [5, 5.41) is 22.8. The van der Waals surface area contributed by atoms with Crippen LogP contribution in [0.4, 0.5) is 0 Å². The molecule has 8 aromatic rings. The Labute approximate surface area is 255 Å². The minimum atomic E-state index is 0. The summed E-state index contributed by atoms with van der Waals surface area (Å²) in [4.78, 5) is 3.40. The molecule has 0 atom stereocenters. The summed E-state index contributed by atoms with van der Waals surface area (Å²) >= 11 is 0. The van der Waals surface area contributed by atoms with Crippen molar-refractivity contribution in [3.8, 4) is 11.4 Å². The largest absolute Gasteiger partial charge is 4.00 e. The molecule has 0 bridgehead atoms. The summed E-state index contributed by atoms with van der Waals surface area (Å²) in [6, 6.07) is 40.8. The molecular weight excluding hydrogens is 694 g/mol. The molecule has 0 aliphatic heterocycles. The molecule has 9 heteroatoms. The third-order valence-electron chi connectivity index (χ3n) is 6.24. The third kappa shape index (κ3) is 5.57. The Hall–Kier alpha value is -3.65. The van der Waals surface area contributed by atoms with Crippen molar-refractivity contribution < 1.29 is 50.7 Å². The number of fused-ring (bicyclic) bond motifs is 4. The minimum absolute atomic E-state index is 0. The monoisotopic (exact) mass is 714 g/mol. The fourth-order valence-corrected chi connectivity index (χ4v) is 4.45. The minimum Gasteiger partial charge on any atom is -1.00 e. The number of nitrogens with zero attached hydrogens (tertiary/aromatic N) is 6. The van der Waals surface area contributed by atoms with Crippen LogP contribution in [-0.2, 0) is 25.8 Å². The number of aromatic nitrogens is 6. The van der Waals surface area contributed by atoms with Gasteiger partial charge in [-0.05, 0) is 35.6 Å². The molecule has 39 heavy (non-hydrogen) atoms. The van der Waals surface area contributed by atoms with Gasteiger partial charge in [0, 0.05) is 0 Å². The van der Waals surface area contributed by atoms with Gasteiger partial charge in [-0.3, -0.25) is 0 Å². The quantitative estimate of drug-likeness (QED) is 0.195. The van der Waals surface area contributed by atoms with E-state index >= 15 is 0 Å². The second-order valence-electron chi connectivity index (χ2n) is 8.64. The number of benzene rings is 4. The van der Waals surface area contributed by atoms with Gasteiger partial charge in [-0.2, -0.15) is 9.59 Å². The number of hydrogen-bond acceptors (Lipinski definition) is 4. The molecule has 188 valence electrons. The van der Waals surface area contributed by atoms with Gasteiger partial charge in [-0.25, -0.2) is 0 Å². The van der Waals surface area contributed by atoms with E-state index in [-0.39, 0.29) is 50.7 Å². The fourth-order valence-electron chi connectivity index (χ4n) is 4.45. The second-order valence-corrected chi connectivity index (χ2v) is 8.64. The van der Waals surface area contributed by atoms with Gasteiger partial charge in [-0.1, -0.05) is 36.4 Å². The summed E-state index contributed by atoms with van der Waals surface area (Å²) in [5.74, 6) is 0. The van der Waals surface area contributed by atoms with Crippen LogP contribution in [0.25, 0.3) is 55.0 Å². The smallest absolute Gasteiger partial charge is 1.00 e. The van der Waals surface area contributed by atoms with Crippen LogP contribution in [0.5, 0.6) is 0 Å². The predicted molar refractivity (Wildman–Crippen MR) is 144 cm³/mol. The normalized spacial score (nSPS) is 10.5. The summed E-state index contributed by atoms with van der Waals surface area (Å²) in [7, 11) is 0. The Kier molecular flexibility index (Phi) is 8.75. The van der Waals surface area contributed by atoms with E-state index in [1.165, 1.54) is 21.5 Å². The van der Waals surface area contributed by atoms with Crippen LogP contribution in [0.3, 0.4) is 0 Å². The van der Waals surface area contributed by atoms with Gasteiger partial charge < -0.3 is 24.8 Å². The summed E-state index contributed by atoms with van der Waals surface area (Å²) in [6.07, 6.45) is 0. The first-order valence-electron chi connectivity index (χ1n) is 11.8. The van der Waals surface area contributed by atoms with Crippen LogP contribution in [0.15, 0.2) is 121 Å². The molecule has 0 amide bonds. The van der Waals surface area contributed by atoms with Crippen molar-refractivity contribution >= 4 is 43.6 Å². The molecule has 6 nitrogen and oxygen atoms in total. The van der Waals surface area contributed by atoms with E-state index in [2.05, 4.69) is 68.9 Å². The van der Waals surface area contributed by atoms with Gasteiger partial charge in [0.25, 0.3) is 0 Å². The molecule has 6 aromatic carbocycles. The van der Waals surface area contributed by atoms with Crippen molar-refractivity contribution in [2.75, 3.05) is 0 Å². The van der Waals surface area contributed by atoms with Crippen molar-refractivity contribution in [3.05, 3.63) is 121 Å². The van der Waals surface area contributed by atoms with Crippen molar-refractivity contribution in [3.63, 3.8) is 0 Å². The Morgan fingerprint density at radius 2 is 0.744 bits per heavy atom.